The van der Waals surface area contributed by atoms with Gasteiger partial charge in [0.05, 0.1) is 37.2 Å². The molecule has 3 aromatic rings. The predicted molar refractivity (Wildman–Crippen MR) is 105 cm³/mol. The van der Waals surface area contributed by atoms with Gasteiger partial charge >= 0.3 is 0 Å². The Kier molecular flexibility index (Phi) is 5.34. The van der Waals surface area contributed by atoms with Crippen LogP contribution in [0.15, 0.2) is 72.8 Å². The quantitative estimate of drug-likeness (QED) is 0.626. The molecule has 3 aromatic carbocycles. The lowest BCUT2D eigenvalue weighted by Gasteiger charge is -2.24. The van der Waals surface area contributed by atoms with E-state index in [2.05, 4.69) is 0 Å². The van der Waals surface area contributed by atoms with Gasteiger partial charge in [0.15, 0.2) is 7.14 Å². The molecule has 0 saturated heterocycles. The Morgan fingerprint density at radius 1 is 0.538 bits per heavy atom. The van der Waals surface area contributed by atoms with Crippen molar-refractivity contribution in [1.82, 2.24) is 0 Å². The molecule has 0 bridgehead atoms. The average molecular weight is 368 g/mol. The summed E-state index contributed by atoms with van der Waals surface area (Å²) in [6.07, 6.45) is 0. The van der Waals surface area contributed by atoms with Gasteiger partial charge in [-0.3, -0.25) is 0 Å². The highest BCUT2D eigenvalue weighted by Gasteiger charge is 2.37. The number of benzene rings is 3. The molecule has 0 amide bonds. The lowest BCUT2D eigenvalue weighted by Crippen LogP contribution is -2.28. The van der Waals surface area contributed by atoms with Crippen LogP contribution >= 0.6 is 7.14 Å². The van der Waals surface area contributed by atoms with Crippen LogP contribution in [0.3, 0.4) is 0 Å². The third-order valence-corrected chi connectivity index (χ3v) is 7.42. The molecule has 0 saturated carbocycles. The topological polar surface area (TPSA) is 44.8 Å². The van der Waals surface area contributed by atoms with Crippen LogP contribution in [-0.4, -0.2) is 21.3 Å². The van der Waals surface area contributed by atoms with E-state index in [4.69, 9.17) is 14.2 Å². The van der Waals surface area contributed by atoms with E-state index in [1.807, 2.05) is 72.8 Å². The van der Waals surface area contributed by atoms with Crippen molar-refractivity contribution in [1.29, 1.82) is 0 Å². The van der Waals surface area contributed by atoms with E-state index >= 15 is 0 Å². The summed E-state index contributed by atoms with van der Waals surface area (Å²) in [5.41, 5.74) is 0. The molecule has 26 heavy (non-hydrogen) atoms. The summed E-state index contributed by atoms with van der Waals surface area (Å²) in [5, 5.41) is 1.82. The van der Waals surface area contributed by atoms with Crippen molar-refractivity contribution < 1.29 is 18.8 Å². The van der Waals surface area contributed by atoms with Crippen LogP contribution in [-0.2, 0) is 4.57 Å². The maximum Gasteiger partial charge on any atom is 0.181 e. The second kappa shape index (κ2) is 7.67. The number of para-hydroxylation sites is 3. The predicted octanol–water partition coefficient (Wildman–Crippen LogP) is 3.35. The van der Waals surface area contributed by atoms with Gasteiger partial charge in [-0.05, 0) is 36.4 Å². The van der Waals surface area contributed by atoms with Crippen molar-refractivity contribution >= 4 is 23.1 Å². The molecule has 5 heteroatoms. The third kappa shape index (κ3) is 2.97. The van der Waals surface area contributed by atoms with Gasteiger partial charge < -0.3 is 18.8 Å². The van der Waals surface area contributed by atoms with Gasteiger partial charge in [0.25, 0.3) is 0 Å². The van der Waals surface area contributed by atoms with E-state index in [9.17, 15) is 4.57 Å². The summed E-state index contributed by atoms with van der Waals surface area (Å²) in [7, 11) is 1.42. The number of methoxy groups -OCH3 is 3. The maximum atomic E-state index is 14.7. The minimum atomic E-state index is -3.31. The minimum absolute atomic E-state index is 0.563. The van der Waals surface area contributed by atoms with Crippen LogP contribution in [0, 0.1) is 0 Å². The molecule has 0 spiro atoms. The first-order chi connectivity index (χ1) is 12.7. The molecule has 134 valence electrons. The zero-order valence-corrected chi connectivity index (χ0v) is 15.9. The van der Waals surface area contributed by atoms with Gasteiger partial charge in [-0.25, -0.2) is 0 Å². The van der Waals surface area contributed by atoms with E-state index in [-0.39, 0.29) is 0 Å². The Hall–Kier alpha value is -2.71. The Balaban J connectivity index is 2.42. The fourth-order valence-corrected chi connectivity index (χ4v) is 6.15. The summed E-state index contributed by atoms with van der Waals surface area (Å²) in [6, 6.07) is 22.1. The van der Waals surface area contributed by atoms with Crippen LogP contribution in [0.25, 0.3) is 0 Å². The SMILES string of the molecule is COc1ccccc1P(=O)(c1ccccc1OC)c1ccccc1OC. The summed E-state index contributed by atoms with van der Waals surface area (Å²) in [4.78, 5) is 0. The molecule has 0 radical (unpaired) electrons. The minimum Gasteiger partial charge on any atom is -0.496 e. The van der Waals surface area contributed by atoms with Crippen molar-refractivity contribution in [2.24, 2.45) is 0 Å². The lowest BCUT2D eigenvalue weighted by molar-refractivity contribution is 0.415. The van der Waals surface area contributed by atoms with Gasteiger partial charge in [0.1, 0.15) is 17.2 Å². The molecule has 0 heterocycles. The molecule has 0 unspecified atom stereocenters. The van der Waals surface area contributed by atoms with E-state index in [1.54, 1.807) is 21.3 Å². The van der Waals surface area contributed by atoms with Crippen LogP contribution in [0.1, 0.15) is 0 Å². The molecule has 4 nitrogen and oxygen atoms in total. The summed E-state index contributed by atoms with van der Waals surface area (Å²) < 4.78 is 31.3. The lowest BCUT2D eigenvalue weighted by atomic mass is 10.3. The molecule has 0 aliphatic heterocycles. The normalized spacial score (nSPS) is 11.0. The first kappa shape index (κ1) is 18.1. The first-order valence-electron chi connectivity index (χ1n) is 8.17. The van der Waals surface area contributed by atoms with E-state index in [1.165, 1.54) is 0 Å². The van der Waals surface area contributed by atoms with Gasteiger partial charge in [0.2, 0.25) is 0 Å². The molecule has 0 atom stereocenters. The highest BCUT2D eigenvalue weighted by atomic mass is 31.2. The van der Waals surface area contributed by atoms with Crippen LogP contribution in [0.4, 0.5) is 0 Å². The van der Waals surface area contributed by atoms with E-state index in [0.29, 0.717) is 33.2 Å². The maximum absolute atomic E-state index is 14.7. The summed E-state index contributed by atoms with van der Waals surface area (Å²) >= 11 is 0. The Morgan fingerprint density at radius 2 is 0.808 bits per heavy atom. The number of rotatable bonds is 6. The molecule has 3 rings (SSSR count). The number of hydrogen-bond donors (Lipinski definition) is 0. The third-order valence-electron chi connectivity index (χ3n) is 4.27. The van der Waals surface area contributed by atoms with Crippen LogP contribution < -0.4 is 30.1 Å². The first-order valence-corrected chi connectivity index (χ1v) is 9.88. The highest BCUT2D eigenvalue weighted by Crippen LogP contribution is 2.49. The van der Waals surface area contributed by atoms with Crippen molar-refractivity contribution in [3.05, 3.63) is 72.8 Å². The summed E-state index contributed by atoms with van der Waals surface area (Å²) in [6.45, 7) is 0. The fourth-order valence-electron chi connectivity index (χ4n) is 3.06. The standard InChI is InChI=1S/C21H21O4P/c1-23-16-10-4-7-13-19(16)26(22,20-14-8-5-11-17(20)24-2)21-15-9-6-12-18(21)25-3/h4-15H,1-3H3. The van der Waals surface area contributed by atoms with Gasteiger partial charge in [-0.2, -0.15) is 0 Å². The molecule has 0 fully saturated rings. The zero-order valence-electron chi connectivity index (χ0n) is 15.0. The van der Waals surface area contributed by atoms with E-state index in [0.717, 1.165) is 0 Å². The average Bonchev–Trinajstić information content (AvgIpc) is 2.73. The Labute approximate surface area is 153 Å². The van der Waals surface area contributed by atoms with Gasteiger partial charge in [-0.1, -0.05) is 36.4 Å². The van der Waals surface area contributed by atoms with E-state index < -0.39 is 7.14 Å². The molecular formula is C21H21O4P. The second-order valence-electron chi connectivity index (χ2n) is 5.62. The highest BCUT2D eigenvalue weighted by molar-refractivity contribution is 7.85. The summed E-state index contributed by atoms with van der Waals surface area (Å²) in [5.74, 6) is 1.69. The zero-order chi connectivity index (χ0) is 18.6. The van der Waals surface area contributed by atoms with Crippen LogP contribution in [0.2, 0.25) is 0 Å². The van der Waals surface area contributed by atoms with Crippen LogP contribution in [0.5, 0.6) is 17.2 Å². The van der Waals surface area contributed by atoms with Gasteiger partial charge in [0, 0.05) is 0 Å². The molecule has 0 aromatic heterocycles. The number of ether oxygens (including phenoxy) is 3. The van der Waals surface area contributed by atoms with Crippen molar-refractivity contribution in [2.75, 3.05) is 21.3 Å². The molecule has 0 aliphatic carbocycles. The smallest absolute Gasteiger partial charge is 0.181 e. The molecule has 0 N–H and O–H groups in total. The number of hydrogen-bond acceptors (Lipinski definition) is 4. The molecular weight excluding hydrogens is 347 g/mol. The Bertz CT molecular complexity index is 830. The second-order valence-corrected chi connectivity index (χ2v) is 8.29. The van der Waals surface area contributed by atoms with Crippen molar-refractivity contribution in [2.45, 2.75) is 0 Å². The van der Waals surface area contributed by atoms with Gasteiger partial charge in [-0.15, -0.1) is 0 Å². The van der Waals surface area contributed by atoms with Crippen molar-refractivity contribution in [3.63, 3.8) is 0 Å². The molecule has 0 aliphatic rings. The largest absolute Gasteiger partial charge is 0.496 e. The van der Waals surface area contributed by atoms with Crippen molar-refractivity contribution in [3.8, 4) is 17.2 Å². The monoisotopic (exact) mass is 368 g/mol. The fraction of sp³-hybridized carbons (Fsp3) is 0.143. The Morgan fingerprint density at radius 3 is 1.08 bits per heavy atom.